The number of halogens is 2. The molecule has 1 amide bonds. The number of amides is 1. The van der Waals surface area contributed by atoms with Gasteiger partial charge in [-0.25, -0.2) is 9.37 Å². The SMILES string of the molecule is CCC(C)Nc1ccc(NC(=O)c2c(F)cccc2Cl)cn1. The molecule has 2 aromatic rings. The molecule has 1 heterocycles. The summed E-state index contributed by atoms with van der Waals surface area (Å²) < 4.78 is 13.7. The van der Waals surface area contributed by atoms with Crippen LogP contribution in [0, 0.1) is 5.82 Å². The van der Waals surface area contributed by atoms with Gasteiger partial charge in [0.1, 0.15) is 11.6 Å². The van der Waals surface area contributed by atoms with Gasteiger partial charge in [-0.2, -0.15) is 0 Å². The molecular weight excluding hydrogens is 305 g/mol. The third-order valence-corrected chi connectivity index (χ3v) is 3.53. The summed E-state index contributed by atoms with van der Waals surface area (Å²) in [6.07, 6.45) is 2.49. The number of anilines is 2. The van der Waals surface area contributed by atoms with Crippen molar-refractivity contribution in [3.05, 3.63) is 52.9 Å². The summed E-state index contributed by atoms with van der Waals surface area (Å²) in [5, 5.41) is 5.87. The second-order valence-corrected chi connectivity index (χ2v) is 5.34. The van der Waals surface area contributed by atoms with Gasteiger partial charge < -0.3 is 10.6 Å². The summed E-state index contributed by atoms with van der Waals surface area (Å²) in [5.74, 6) is -0.545. The Bertz CT molecular complexity index is 641. The number of nitrogens with zero attached hydrogens (tertiary/aromatic N) is 1. The van der Waals surface area contributed by atoms with Crippen LogP contribution in [-0.2, 0) is 0 Å². The summed E-state index contributed by atoms with van der Waals surface area (Å²) in [4.78, 5) is 16.3. The van der Waals surface area contributed by atoms with Gasteiger partial charge in [-0.1, -0.05) is 24.6 Å². The van der Waals surface area contributed by atoms with Crippen LogP contribution in [-0.4, -0.2) is 16.9 Å². The zero-order valence-electron chi connectivity index (χ0n) is 12.4. The van der Waals surface area contributed by atoms with Gasteiger partial charge in [-0.3, -0.25) is 4.79 Å². The fraction of sp³-hybridized carbons (Fsp3) is 0.250. The van der Waals surface area contributed by atoms with Crippen molar-refractivity contribution in [2.24, 2.45) is 0 Å². The van der Waals surface area contributed by atoms with Crippen LogP contribution in [0.4, 0.5) is 15.9 Å². The molecule has 116 valence electrons. The number of carbonyl (C=O) groups is 1. The van der Waals surface area contributed by atoms with E-state index in [4.69, 9.17) is 11.6 Å². The molecule has 6 heteroatoms. The van der Waals surface area contributed by atoms with E-state index in [0.717, 1.165) is 12.2 Å². The summed E-state index contributed by atoms with van der Waals surface area (Å²) in [6, 6.07) is 7.88. The third kappa shape index (κ3) is 3.95. The molecule has 1 unspecified atom stereocenters. The highest BCUT2D eigenvalue weighted by molar-refractivity contribution is 6.34. The minimum atomic E-state index is -0.659. The summed E-state index contributed by atoms with van der Waals surface area (Å²) in [6.45, 7) is 4.13. The summed E-state index contributed by atoms with van der Waals surface area (Å²) >= 11 is 5.86. The fourth-order valence-corrected chi connectivity index (χ4v) is 2.06. The maximum absolute atomic E-state index is 13.7. The lowest BCUT2D eigenvalue weighted by Crippen LogP contribution is -2.16. The number of carbonyl (C=O) groups excluding carboxylic acids is 1. The van der Waals surface area contributed by atoms with E-state index >= 15 is 0 Å². The van der Waals surface area contributed by atoms with E-state index in [9.17, 15) is 9.18 Å². The molecule has 1 atom stereocenters. The quantitative estimate of drug-likeness (QED) is 0.861. The topological polar surface area (TPSA) is 54.0 Å². The average molecular weight is 322 g/mol. The first-order valence-electron chi connectivity index (χ1n) is 6.99. The molecular formula is C16H17ClFN3O. The fourth-order valence-electron chi connectivity index (χ4n) is 1.82. The van der Waals surface area contributed by atoms with E-state index in [-0.39, 0.29) is 10.6 Å². The van der Waals surface area contributed by atoms with E-state index in [1.54, 1.807) is 12.1 Å². The zero-order chi connectivity index (χ0) is 16.1. The molecule has 0 aliphatic rings. The third-order valence-electron chi connectivity index (χ3n) is 3.22. The number of rotatable bonds is 5. The van der Waals surface area contributed by atoms with Crippen molar-refractivity contribution in [3.8, 4) is 0 Å². The van der Waals surface area contributed by atoms with Gasteiger partial charge in [-0.05, 0) is 37.6 Å². The van der Waals surface area contributed by atoms with Crippen molar-refractivity contribution in [1.82, 2.24) is 4.98 Å². The van der Waals surface area contributed by atoms with Crippen LogP contribution in [0.3, 0.4) is 0 Å². The molecule has 0 radical (unpaired) electrons. The van der Waals surface area contributed by atoms with Crippen LogP contribution < -0.4 is 10.6 Å². The lowest BCUT2D eigenvalue weighted by Gasteiger charge is -2.12. The van der Waals surface area contributed by atoms with Crippen molar-refractivity contribution >= 4 is 29.0 Å². The van der Waals surface area contributed by atoms with Gasteiger partial charge in [0, 0.05) is 6.04 Å². The normalized spacial score (nSPS) is 11.8. The Morgan fingerprint density at radius 1 is 1.36 bits per heavy atom. The minimum Gasteiger partial charge on any atom is -0.368 e. The molecule has 4 nitrogen and oxygen atoms in total. The van der Waals surface area contributed by atoms with Crippen molar-refractivity contribution < 1.29 is 9.18 Å². The highest BCUT2D eigenvalue weighted by atomic mass is 35.5. The summed E-state index contributed by atoms with van der Waals surface area (Å²) in [5.41, 5.74) is 0.296. The predicted octanol–water partition coefficient (Wildman–Crippen LogP) is 4.34. The predicted molar refractivity (Wildman–Crippen MR) is 87.0 cm³/mol. The Labute approximate surface area is 133 Å². The summed E-state index contributed by atoms with van der Waals surface area (Å²) in [7, 11) is 0. The standard InChI is InChI=1S/C16H17ClFN3O/c1-3-10(2)20-14-8-7-11(9-19-14)21-16(22)15-12(17)5-4-6-13(15)18/h4-10H,3H2,1-2H3,(H,19,20)(H,21,22). The van der Waals surface area contributed by atoms with Gasteiger partial charge in [0.15, 0.2) is 0 Å². The Morgan fingerprint density at radius 3 is 2.73 bits per heavy atom. The van der Waals surface area contributed by atoms with Crippen LogP contribution in [0.1, 0.15) is 30.6 Å². The second-order valence-electron chi connectivity index (χ2n) is 4.94. The van der Waals surface area contributed by atoms with Gasteiger partial charge in [0.05, 0.1) is 22.5 Å². The van der Waals surface area contributed by atoms with Crippen LogP contribution >= 0.6 is 11.6 Å². The number of benzene rings is 1. The van der Waals surface area contributed by atoms with E-state index < -0.39 is 11.7 Å². The van der Waals surface area contributed by atoms with E-state index in [2.05, 4.69) is 29.5 Å². The molecule has 0 bridgehead atoms. The van der Waals surface area contributed by atoms with Crippen LogP contribution in [0.15, 0.2) is 36.5 Å². The van der Waals surface area contributed by atoms with Gasteiger partial charge >= 0.3 is 0 Å². The van der Waals surface area contributed by atoms with Crippen LogP contribution in [0.25, 0.3) is 0 Å². The largest absolute Gasteiger partial charge is 0.368 e. The highest BCUT2D eigenvalue weighted by Gasteiger charge is 2.15. The van der Waals surface area contributed by atoms with Crippen molar-refractivity contribution in [1.29, 1.82) is 0 Å². The average Bonchev–Trinajstić information content (AvgIpc) is 2.49. The Kier molecular flexibility index (Phi) is 5.33. The molecule has 22 heavy (non-hydrogen) atoms. The number of pyridine rings is 1. The van der Waals surface area contributed by atoms with Crippen molar-refractivity contribution in [2.75, 3.05) is 10.6 Å². The lowest BCUT2D eigenvalue weighted by molar-refractivity contribution is 0.102. The molecule has 2 N–H and O–H groups in total. The zero-order valence-corrected chi connectivity index (χ0v) is 13.1. The molecule has 1 aromatic carbocycles. The van der Waals surface area contributed by atoms with E-state index in [1.807, 2.05) is 0 Å². The number of aromatic nitrogens is 1. The molecule has 0 spiro atoms. The molecule has 0 fully saturated rings. The van der Waals surface area contributed by atoms with E-state index in [0.29, 0.717) is 11.7 Å². The van der Waals surface area contributed by atoms with Crippen molar-refractivity contribution in [3.63, 3.8) is 0 Å². The first-order chi connectivity index (χ1) is 10.5. The molecule has 0 saturated heterocycles. The first kappa shape index (κ1) is 16.2. The molecule has 0 saturated carbocycles. The maximum Gasteiger partial charge on any atom is 0.260 e. The lowest BCUT2D eigenvalue weighted by atomic mass is 10.2. The molecule has 0 aliphatic heterocycles. The number of hydrogen-bond acceptors (Lipinski definition) is 3. The second kappa shape index (κ2) is 7.22. The molecule has 0 aliphatic carbocycles. The number of hydrogen-bond donors (Lipinski definition) is 2. The van der Waals surface area contributed by atoms with Gasteiger partial charge in [0.25, 0.3) is 5.91 Å². The maximum atomic E-state index is 13.7. The van der Waals surface area contributed by atoms with Gasteiger partial charge in [0.2, 0.25) is 0 Å². The van der Waals surface area contributed by atoms with Crippen molar-refractivity contribution in [2.45, 2.75) is 26.3 Å². The van der Waals surface area contributed by atoms with E-state index in [1.165, 1.54) is 24.4 Å². The Morgan fingerprint density at radius 2 is 2.14 bits per heavy atom. The minimum absolute atomic E-state index is 0.0699. The van der Waals surface area contributed by atoms with Crippen LogP contribution in [0.2, 0.25) is 5.02 Å². The Balaban J connectivity index is 2.09. The molecule has 2 rings (SSSR count). The smallest absolute Gasteiger partial charge is 0.260 e. The monoisotopic (exact) mass is 321 g/mol. The first-order valence-corrected chi connectivity index (χ1v) is 7.37. The molecule has 1 aromatic heterocycles. The van der Waals surface area contributed by atoms with Gasteiger partial charge in [-0.15, -0.1) is 0 Å². The Hall–Kier alpha value is -2.14. The van der Waals surface area contributed by atoms with Crippen LogP contribution in [0.5, 0.6) is 0 Å². The highest BCUT2D eigenvalue weighted by Crippen LogP contribution is 2.20. The number of nitrogens with one attached hydrogen (secondary N) is 2.